The molecule has 1 aromatic rings. The molecule has 0 unspecified atom stereocenters. The molecule has 1 saturated carbocycles. The molecule has 3 N–H and O–H groups in total. The van der Waals surface area contributed by atoms with Crippen molar-refractivity contribution >= 4 is 17.3 Å². The number of ether oxygens (including phenoxy) is 1. The standard InChI is InChI=1S/C17H25N3O4/c1-24-16-10-9-14(20(22)23)11-15(16)19-17(21)12-18-13-7-5-3-2-4-6-8-13/h9-11,13,18H,2-8,12H2,1H3,(H,19,21)/p+1. The molecule has 0 radical (unpaired) electrons. The maximum atomic E-state index is 12.2. The summed E-state index contributed by atoms with van der Waals surface area (Å²) in [6.07, 6.45) is 8.62. The molecular formula is C17H26N3O4+. The first-order valence-corrected chi connectivity index (χ1v) is 8.55. The number of carbonyl (C=O) groups excluding carboxylic acids is 1. The van der Waals surface area contributed by atoms with Crippen LogP contribution in [-0.4, -0.2) is 30.5 Å². The molecule has 0 aliphatic heterocycles. The maximum Gasteiger partial charge on any atom is 0.279 e. The molecule has 0 atom stereocenters. The first-order chi connectivity index (χ1) is 11.6. The van der Waals surface area contributed by atoms with Gasteiger partial charge >= 0.3 is 0 Å². The molecule has 1 fully saturated rings. The van der Waals surface area contributed by atoms with E-state index in [0.29, 0.717) is 24.0 Å². The van der Waals surface area contributed by atoms with Crippen molar-refractivity contribution in [3.05, 3.63) is 28.3 Å². The third kappa shape index (κ3) is 5.49. The minimum atomic E-state index is -0.490. The topological polar surface area (TPSA) is 98.1 Å². The van der Waals surface area contributed by atoms with Crippen LogP contribution in [0.3, 0.4) is 0 Å². The van der Waals surface area contributed by atoms with Crippen LogP contribution in [0.5, 0.6) is 5.75 Å². The van der Waals surface area contributed by atoms with Gasteiger partial charge in [0.25, 0.3) is 11.6 Å². The lowest BCUT2D eigenvalue weighted by atomic mass is 9.97. The highest BCUT2D eigenvalue weighted by molar-refractivity contribution is 5.93. The van der Waals surface area contributed by atoms with Gasteiger partial charge in [0.1, 0.15) is 5.75 Å². The van der Waals surface area contributed by atoms with Crippen LogP contribution < -0.4 is 15.4 Å². The summed E-state index contributed by atoms with van der Waals surface area (Å²) in [5.74, 6) is 0.246. The average molecular weight is 336 g/mol. The lowest BCUT2D eigenvalue weighted by molar-refractivity contribution is -0.680. The molecule has 7 heteroatoms. The summed E-state index contributed by atoms with van der Waals surface area (Å²) in [5.41, 5.74) is 0.262. The SMILES string of the molecule is COc1ccc([N+](=O)[O-])cc1NC(=O)C[NH2+]C1CCCCCCC1. The van der Waals surface area contributed by atoms with Crippen molar-refractivity contribution in [1.82, 2.24) is 0 Å². The Morgan fingerprint density at radius 1 is 1.29 bits per heavy atom. The van der Waals surface area contributed by atoms with Gasteiger partial charge < -0.3 is 15.4 Å². The summed E-state index contributed by atoms with van der Waals surface area (Å²) in [7, 11) is 1.47. The average Bonchev–Trinajstić information content (AvgIpc) is 2.53. The van der Waals surface area contributed by atoms with Gasteiger partial charge in [-0.3, -0.25) is 14.9 Å². The van der Waals surface area contributed by atoms with E-state index in [1.807, 2.05) is 0 Å². The van der Waals surface area contributed by atoms with Crippen LogP contribution in [0, 0.1) is 10.1 Å². The molecule has 0 heterocycles. The fourth-order valence-corrected chi connectivity index (χ4v) is 3.11. The Hall–Kier alpha value is -2.15. The van der Waals surface area contributed by atoms with E-state index in [4.69, 9.17) is 4.74 Å². The molecule has 0 aromatic heterocycles. The largest absolute Gasteiger partial charge is 0.495 e. The zero-order valence-corrected chi connectivity index (χ0v) is 14.1. The number of amides is 1. The quantitative estimate of drug-likeness (QED) is 0.615. The van der Waals surface area contributed by atoms with Crippen LogP contribution >= 0.6 is 0 Å². The zero-order chi connectivity index (χ0) is 17.4. The molecule has 1 aliphatic carbocycles. The van der Waals surface area contributed by atoms with E-state index in [9.17, 15) is 14.9 Å². The number of hydrogen-bond donors (Lipinski definition) is 2. The predicted octanol–water partition coefficient (Wildman–Crippen LogP) is 2.22. The van der Waals surface area contributed by atoms with Crippen molar-refractivity contribution in [2.45, 2.75) is 51.0 Å². The Balaban J connectivity index is 1.91. The van der Waals surface area contributed by atoms with Gasteiger partial charge in [-0.1, -0.05) is 19.3 Å². The van der Waals surface area contributed by atoms with Crippen LogP contribution in [0.4, 0.5) is 11.4 Å². The van der Waals surface area contributed by atoms with E-state index < -0.39 is 4.92 Å². The number of nitro benzene ring substituents is 1. The van der Waals surface area contributed by atoms with Crippen molar-refractivity contribution in [1.29, 1.82) is 0 Å². The number of nitrogens with zero attached hydrogens (tertiary/aromatic N) is 1. The van der Waals surface area contributed by atoms with E-state index in [0.717, 1.165) is 12.8 Å². The lowest BCUT2D eigenvalue weighted by Gasteiger charge is -2.18. The number of hydrogen-bond acceptors (Lipinski definition) is 4. The van der Waals surface area contributed by atoms with E-state index in [-0.39, 0.29) is 11.6 Å². The molecule has 24 heavy (non-hydrogen) atoms. The third-order valence-electron chi connectivity index (χ3n) is 4.45. The minimum absolute atomic E-state index is 0.0740. The highest BCUT2D eigenvalue weighted by Crippen LogP contribution is 2.28. The molecule has 132 valence electrons. The van der Waals surface area contributed by atoms with Crippen LogP contribution in [0.2, 0.25) is 0 Å². The monoisotopic (exact) mass is 336 g/mol. The van der Waals surface area contributed by atoms with Gasteiger partial charge in [-0.2, -0.15) is 0 Å². The van der Waals surface area contributed by atoms with Gasteiger partial charge in [0.15, 0.2) is 6.54 Å². The highest BCUT2D eigenvalue weighted by atomic mass is 16.6. The molecule has 1 aromatic carbocycles. The first kappa shape index (κ1) is 18.2. The number of nitrogens with two attached hydrogens (primary N) is 1. The number of anilines is 1. The summed E-state index contributed by atoms with van der Waals surface area (Å²) in [6, 6.07) is 4.66. The van der Waals surface area contributed by atoms with Gasteiger partial charge in [0.2, 0.25) is 0 Å². The van der Waals surface area contributed by atoms with Crippen molar-refractivity contribution in [2.75, 3.05) is 19.0 Å². The number of nitrogens with one attached hydrogen (secondary N) is 1. The molecule has 0 spiro atoms. The first-order valence-electron chi connectivity index (χ1n) is 8.55. The van der Waals surface area contributed by atoms with Crippen molar-refractivity contribution in [3.63, 3.8) is 0 Å². The third-order valence-corrected chi connectivity index (χ3v) is 4.45. The van der Waals surface area contributed by atoms with E-state index in [1.165, 1.54) is 57.4 Å². The van der Waals surface area contributed by atoms with Crippen LogP contribution in [-0.2, 0) is 4.79 Å². The Labute approximate surface area is 141 Å². The van der Waals surface area contributed by atoms with E-state index >= 15 is 0 Å². The molecule has 0 saturated heterocycles. The number of carbonyl (C=O) groups is 1. The second-order valence-electron chi connectivity index (χ2n) is 6.23. The molecule has 2 rings (SSSR count). The summed E-state index contributed by atoms with van der Waals surface area (Å²) in [5, 5.41) is 15.7. The number of rotatable bonds is 6. The van der Waals surface area contributed by atoms with Crippen molar-refractivity contribution in [3.8, 4) is 5.75 Å². The second kappa shape index (κ2) is 9.22. The number of methoxy groups -OCH3 is 1. The van der Waals surface area contributed by atoms with Crippen LogP contribution in [0.25, 0.3) is 0 Å². The fraction of sp³-hybridized carbons (Fsp3) is 0.588. The Morgan fingerprint density at radius 2 is 1.96 bits per heavy atom. The predicted molar refractivity (Wildman–Crippen MR) is 91.2 cm³/mol. The second-order valence-corrected chi connectivity index (χ2v) is 6.23. The van der Waals surface area contributed by atoms with Crippen molar-refractivity contribution < 1.29 is 19.8 Å². The number of quaternary nitrogens is 1. The minimum Gasteiger partial charge on any atom is -0.495 e. The van der Waals surface area contributed by atoms with Gasteiger partial charge in [-0.05, 0) is 31.7 Å². The summed E-state index contributed by atoms with van der Waals surface area (Å²) in [4.78, 5) is 22.6. The van der Waals surface area contributed by atoms with Crippen molar-refractivity contribution in [2.24, 2.45) is 0 Å². The molecule has 1 amide bonds. The summed E-state index contributed by atoms with van der Waals surface area (Å²) < 4.78 is 5.16. The number of benzene rings is 1. The van der Waals surface area contributed by atoms with Gasteiger partial charge in [0.05, 0.1) is 23.8 Å². The molecular weight excluding hydrogens is 310 g/mol. The normalized spacial score (nSPS) is 16.0. The Kier molecular flexibility index (Phi) is 6.99. The highest BCUT2D eigenvalue weighted by Gasteiger charge is 2.18. The maximum absolute atomic E-state index is 12.2. The molecule has 7 nitrogen and oxygen atoms in total. The summed E-state index contributed by atoms with van der Waals surface area (Å²) in [6.45, 7) is 0.316. The molecule has 1 aliphatic rings. The fourth-order valence-electron chi connectivity index (χ4n) is 3.11. The Morgan fingerprint density at radius 3 is 2.58 bits per heavy atom. The van der Waals surface area contributed by atoms with Gasteiger partial charge in [-0.25, -0.2) is 0 Å². The van der Waals surface area contributed by atoms with Crippen LogP contribution in [0.15, 0.2) is 18.2 Å². The van der Waals surface area contributed by atoms with Gasteiger partial charge in [-0.15, -0.1) is 0 Å². The lowest BCUT2D eigenvalue weighted by Crippen LogP contribution is -2.91. The Bertz CT molecular complexity index is 569. The van der Waals surface area contributed by atoms with Crippen LogP contribution in [0.1, 0.15) is 44.9 Å². The smallest absolute Gasteiger partial charge is 0.279 e. The van der Waals surface area contributed by atoms with E-state index in [2.05, 4.69) is 10.6 Å². The number of nitro groups is 1. The molecule has 0 bridgehead atoms. The van der Waals surface area contributed by atoms with E-state index in [1.54, 1.807) is 0 Å². The summed E-state index contributed by atoms with van der Waals surface area (Å²) >= 11 is 0. The van der Waals surface area contributed by atoms with Gasteiger partial charge in [0, 0.05) is 12.1 Å². The zero-order valence-electron chi connectivity index (χ0n) is 14.1. The number of non-ortho nitro benzene ring substituents is 1.